The molecule has 1 amide bonds. The highest BCUT2D eigenvalue weighted by atomic mass is 35.5. The van der Waals surface area contributed by atoms with Gasteiger partial charge in [0.25, 0.3) is 0 Å². The van der Waals surface area contributed by atoms with E-state index in [1.54, 1.807) is 26.2 Å². The molecular weight excluding hydrogens is 448 g/mol. The molecule has 160 valence electrons. The molecule has 3 rings (SSSR count). The summed E-state index contributed by atoms with van der Waals surface area (Å²) in [6.07, 6.45) is 0. The van der Waals surface area contributed by atoms with Crippen LogP contribution in [0.25, 0.3) is 11.0 Å². The molecule has 11 heteroatoms. The number of methoxy groups -OCH3 is 1. The topological polar surface area (TPSA) is 116 Å². The molecule has 2 aromatic carbocycles. The summed E-state index contributed by atoms with van der Waals surface area (Å²) < 4.78 is 29.9. The molecule has 1 unspecified atom stereocenters. The van der Waals surface area contributed by atoms with Crippen LogP contribution in [-0.2, 0) is 26.1 Å². The molecule has 1 atom stereocenters. The van der Waals surface area contributed by atoms with E-state index in [0.717, 1.165) is 11.0 Å². The first-order valence-electron chi connectivity index (χ1n) is 8.94. The molecule has 8 nitrogen and oxygen atoms in total. The van der Waals surface area contributed by atoms with Crippen molar-refractivity contribution in [2.24, 2.45) is 5.14 Å². The van der Waals surface area contributed by atoms with Gasteiger partial charge in [0.15, 0.2) is 5.16 Å². The Balaban J connectivity index is 1.76. The van der Waals surface area contributed by atoms with Crippen molar-refractivity contribution in [1.29, 1.82) is 0 Å². The van der Waals surface area contributed by atoms with Crippen molar-refractivity contribution in [3.63, 3.8) is 0 Å². The van der Waals surface area contributed by atoms with Gasteiger partial charge in [-0.3, -0.25) is 4.79 Å². The summed E-state index contributed by atoms with van der Waals surface area (Å²) in [6, 6.07) is 11.1. The number of rotatable bonds is 8. The third kappa shape index (κ3) is 5.32. The zero-order valence-corrected chi connectivity index (χ0v) is 18.7. The highest BCUT2D eigenvalue weighted by Crippen LogP contribution is 2.29. The van der Waals surface area contributed by atoms with E-state index in [2.05, 4.69) is 10.3 Å². The minimum absolute atomic E-state index is 0.0200. The van der Waals surface area contributed by atoms with Gasteiger partial charge in [0.05, 0.1) is 27.8 Å². The smallest absolute Gasteiger partial charge is 0.238 e. The zero-order chi connectivity index (χ0) is 21.9. The van der Waals surface area contributed by atoms with Crippen LogP contribution in [0.15, 0.2) is 52.5 Å². The van der Waals surface area contributed by atoms with E-state index in [1.165, 1.54) is 36.0 Å². The Morgan fingerprint density at radius 1 is 1.30 bits per heavy atom. The van der Waals surface area contributed by atoms with E-state index < -0.39 is 15.3 Å². The first kappa shape index (κ1) is 22.6. The van der Waals surface area contributed by atoms with Crippen LogP contribution in [0.2, 0.25) is 5.02 Å². The van der Waals surface area contributed by atoms with Crippen molar-refractivity contribution in [2.75, 3.05) is 19.0 Å². The van der Waals surface area contributed by atoms with Gasteiger partial charge < -0.3 is 14.6 Å². The van der Waals surface area contributed by atoms with Gasteiger partial charge in [-0.2, -0.15) is 0 Å². The van der Waals surface area contributed by atoms with Crippen molar-refractivity contribution in [3.05, 3.63) is 47.5 Å². The molecule has 0 radical (unpaired) electrons. The van der Waals surface area contributed by atoms with Crippen LogP contribution < -0.4 is 10.5 Å². The number of fused-ring (bicyclic) bond motifs is 1. The first-order chi connectivity index (χ1) is 14.2. The quantitative estimate of drug-likeness (QED) is 0.490. The minimum Gasteiger partial charge on any atom is -0.383 e. The number of imidazole rings is 1. The lowest BCUT2D eigenvalue weighted by atomic mass is 10.3. The fourth-order valence-corrected chi connectivity index (χ4v) is 4.38. The summed E-state index contributed by atoms with van der Waals surface area (Å²) in [4.78, 5) is 17.2. The molecule has 0 saturated carbocycles. The lowest BCUT2D eigenvalue weighted by Gasteiger charge is -2.13. The Labute approximate surface area is 183 Å². The number of aromatic nitrogens is 2. The summed E-state index contributed by atoms with van der Waals surface area (Å²) in [7, 11) is -2.16. The Kier molecular flexibility index (Phi) is 7.04. The highest BCUT2D eigenvalue weighted by Gasteiger charge is 2.20. The summed E-state index contributed by atoms with van der Waals surface area (Å²) >= 11 is 7.39. The number of anilines is 1. The van der Waals surface area contributed by atoms with Gasteiger partial charge >= 0.3 is 0 Å². The van der Waals surface area contributed by atoms with Gasteiger partial charge in [0, 0.05) is 24.4 Å². The number of ether oxygens (including phenoxy) is 1. The number of carbonyl (C=O) groups is 1. The largest absolute Gasteiger partial charge is 0.383 e. The Morgan fingerprint density at radius 3 is 2.63 bits per heavy atom. The van der Waals surface area contributed by atoms with E-state index >= 15 is 0 Å². The molecule has 3 aromatic rings. The highest BCUT2D eigenvalue weighted by molar-refractivity contribution is 8.00. The predicted octanol–water partition coefficient (Wildman–Crippen LogP) is 3.10. The lowest BCUT2D eigenvalue weighted by Crippen LogP contribution is -2.23. The molecule has 0 saturated heterocycles. The van der Waals surface area contributed by atoms with Crippen LogP contribution in [-0.4, -0.2) is 42.8 Å². The molecule has 0 fully saturated rings. The van der Waals surface area contributed by atoms with Crippen LogP contribution >= 0.6 is 23.4 Å². The first-order valence-corrected chi connectivity index (χ1v) is 11.7. The van der Waals surface area contributed by atoms with E-state index in [-0.39, 0.29) is 10.8 Å². The minimum atomic E-state index is -3.78. The molecule has 0 aliphatic carbocycles. The third-order valence-corrected chi connectivity index (χ3v) is 6.55. The number of benzene rings is 2. The molecule has 0 spiro atoms. The second-order valence-corrected chi connectivity index (χ2v) is 9.80. The van der Waals surface area contributed by atoms with E-state index in [1.807, 2.05) is 10.6 Å². The second kappa shape index (κ2) is 9.36. The maximum Gasteiger partial charge on any atom is 0.238 e. The number of hydrogen-bond acceptors (Lipinski definition) is 6. The van der Waals surface area contributed by atoms with E-state index in [9.17, 15) is 13.2 Å². The molecule has 1 aromatic heterocycles. The predicted molar refractivity (Wildman–Crippen MR) is 118 cm³/mol. The van der Waals surface area contributed by atoms with Crippen LogP contribution in [0, 0.1) is 0 Å². The van der Waals surface area contributed by atoms with Crippen LogP contribution in [0.5, 0.6) is 0 Å². The number of nitrogens with one attached hydrogen (secondary N) is 1. The number of hydrogen-bond donors (Lipinski definition) is 2. The number of amides is 1. The fraction of sp³-hybridized carbons (Fsp3) is 0.263. The number of primary sulfonamides is 1. The SMILES string of the molecule is COCCn1c(SC(C)C(=O)Nc2ccc(S(N)(=O)=O)cc2)nc2cc(Cl)ccc21. The molecule has 3 N–H and O–H groups in total. The van der Waals surface area contributed by atoms with Crippen LogP contribution in [0.4, 0.5) is 5.69 Å². The zero-order valence-electron chi connectivity index (χ0n) is 16.3. The van der Waals surface area contributed by atoms with Gasteiger partial charge in [-0.25, -0.2) is 18.5 Å². The van der Waals surface area contributed by atoms with Crippen LogP contribution in [0.3, 0.4) is 0 Å². The maximum atomic E-state index is 12.6. The Morgan fingerprint density at radius 2 is 2.00 bits per heavy atom. The number of halogens is 1. The number of carbonyl (C=O) groups excluding carboxylic acids is 1. The molecule has 0 aliphatic heterocycles. The normalized spacial score (nSPS) is 12.8. The van der Waals surface area contributed by atoms with E-state index in [4.69, 9.17) is 21.5 Å². The van der Waals surface area contributed by atoms with Crippen molar-refractivity contribution >= 4 is 56.0 Å². The summed E-state index contributed by atoms with van der Waals surface area (Å²) in [5.41, 5.74) is 2.12. The number of nitrogens with zero attached hydrogens (tertiary/aromatic N) is 2. The number of nitrogens with two attached hydrogens (primary N) is 1. The number of thioether (sulfide) groups is 1. The molecular formula is C19H21ClN4O4S2. The number of sulfonamides is 1. The van der Waals surface area contributed by atoms with Gasteiger partial charge in [-0.15, -0.1) is 0 Å². The lowest BCUT2D eigenvalue weighted by molar-refractivity contribution is -0.115. The van der Waals surface area contributed by atoms with E-state index in [0.29, 0.717) is 29.0 Å². The van der Waals surface area contributed by atoms with Crippen LogP contribution in [0.1, 0.15) is 6.92 Å². The van der Waals surface area contributed by atoms with Crippen molar-refractivity contribution in [1.82, 2.24) is 9.55 Å². The van der Waals surface area contributed by atoms with Gasteiger partial charge in [0.1, 0.15) is 0 Å². The molecule has 1 heterocycles. The van der Waals surface area contributed by atoms with Crippen molar-refractivity contribution in [2.45, 2.75) is 28.8 Å². The third-order valence-electron chi connectivity index (χ3n) is 4.30. The van der Waals surface area contributed by atoms with Gasteiger partial charge in [0.2, 0.25) is 15.9 Å². The van der Waals surface area contributed by atoms with Crippen molar-refractivity contribution < 1.29 is 17.9 Å². The maximum absolute atomic E-state index is 12.6. The standard InChI is InChI=1S/C19H21ClN4O4S2/c1-12(18(25)22-14-4-6-15(7-5-14)30(21,26)27)29-19-23-16-11-13(20)3-8-17(16)24(19)9-10-28-2/h3-8,11-12H,9-10H2,1-2H3,(H,22,25)(H2,21,26,27). The average molecular weight is 469 g/mol. The summed E-state index contributed by atoms with van der Waals surface area (Å²) in [5, 5.41) is 8.66. The molecule has 30 heavy (non-hydrogen) atoms. The average Bonchev–Trinajstić information content (AvgIpc) is 3.01. The van der Waals surface area contributed by atoms with Gasteiger partial charge in [-0.05, 0) is 49.4 Å². The summed E-state index contributed by atoms with van der Waals surface area (Å²) in [5.74, 6) is -0.244. The molecule has 0 aliphatic rings. The fourth-order valence-electron chi connectivity index (χ4n) is 2.75. The van der Waals surface area contributed by atoms with Crippen molar-refractivity contribution in [3.8, 4) is 0 Å². The summed E-state index contributed by atoms with van der Waals surface area (Å²) in [6.45, 7) is 2.85. The Hall–Kier alpha value is -2.11. The molecule has 0 bridgehead atoms. The Bertz CT molecular complexity index is 1160. The second-order valence-electron chi connectivity index (χ2n) is 6.49. The monoisotopic (exact) mass is 468 g/mol. The van der Waals surface area contributed by atoms with Gasteiger partial charge in [-0.1, -0.05) is 23.4 Å².